The van der Waals surface area contributed by atoms with Crippen molar-refractivity contribution >= 4 is 24.9 Å². The molecule has 0 atom stereocenters. The van der Waals surface area contributed by atoms with Crippen molar-refractivity contribution in [1.29, 1.82) is 0 Å². The summed E-state index contributed by atoms with van der Waals surface area (Å²) in [5, 5.41) is 8.10. The molecule has 0 aromatic heterocycles. The molecule has 1 aliphatic rings. The lowest BCUT2D eigenvalue weighted by atomic mass is 10.1. The van der Waals surface area contributed by atoms with Crippen LogP contribution in [0.4, 0.5) is 14.5 Å². The van der Waals surface area contributed by atoms with Gasteiger partial charge in [-0.25, -0.2) is 0 Å². The molecule has 29 heavy (non-hydrogen) atoms. The number of halogens is 2. The lowest BCUT2D eigenvalue weighted by molar-refractivity contribution is -0.114. The molecule has 1 N–H and O–H groups in total. The van der Waals surface area contributed by atoms with Crippen molar-refractivity contribution in [3.05, 3.63) is 29.8 Å². The minimum atomic E-state index is -4.84. The highest BCUT2D eigenvalue weighted by atomic mass is 31.2. The first-order valence-corrected chi connectivity index (χ1v) is 10.8. The van der Waals surface area contributed by atoms with Crippen LogP contribution in [0.2, 0.25) is 0 Å². The molecule has 0 saturated carbocycles. The van der Waals surface area contributed by atoms with E-state index in [4.69, 9.17) is 13.8 Å². The van der Waals surface area contributed by atoms with Crippen LogP contribution in [0.3, 0.4) is 0 Å². The maximum Gasteiger partial charge on any atom is 0.406 e. The normalized spacial score (nSPS) is 16.0. The van der Waals surface area contributed by atoms with Crippen molar-refractivity contribution in [3.8, 4) is 0 Å². The Hall–Kier alpha value is -1.87. The van der Waals surface area contributed by atoms with Crippen molar-refractivity contribution in [2.45, 2.75) is 26.4 Å². The van der Waals surface area contributed by atoms with Gasteiger partial charge in [0.2, 0.25) is 5.91 Å². The number of alkyl halides is 2. The van der Waals surface area contributed by atoms with Crippen LogP contribution in [-0.4, -0.2) is 61.8 Å². The molecule has 8 nitrogen and oxygen atoms in total. The number of nitrogens with zero attached hydrogens (tertiary/aromatic N) is 2. The number of ether oxygens (including phenoxy) is 1. The fourth-order valence-corrected chi connectivity index (χ4v) is 4.18. The molecule has 0 aliphatic carbocycles. The molecule has 1 heterocycles. The van der Waals surface area contributed by atoms with E-state index in [0.717, 1.165) is 0 Å². The molecule has 0 unspecified atom stereocenters. The van der Waals surface area contributed by atoms with E-state index in [2.05, 4.69) is 10.4 Å². The molecule has 1 saturated heterocycles. The Morgan fingerprint density at radius 1 is 1.21 bits per heavy atom. The highest BCUT2D eigenvalue weighted by Gasteiger charge is 2.58. The van der Waals surface area contributed by atoms with Crippen LogP contribution in [0.25, 0.3) is 0 Å². The first-order chi connectivity index (χ1) is 13.7. The smallest absolute Gasteiger partial charge is 0.378 e. The molecular weight excluding hydrogens is 407 g/mol. The number of carbonyl (C=O) groups is 1. The molecule has 0 bridgehead atoms. The SMILES string of the molecule is CCOP(=O)(OCC)C(F)(F)/C(=N/N1CCOCC1)c1ccc(NC(C)=O)cc1. The van der Waals surface area contributed by atoms with Crippen LogP contribution < -0.4 is 5.32 Å². The van der Waals surface area contributed by atoms with Crippen LogP contribution >= 0.6 is 7.60 Å². The fourth-order valence-electron chi connectivity index (χ4n) is 2.67. The number of anilines is 1. The van der Waals surface area contributed by atoms with Gasteiger partial charge in [-0.15, -0.1) is 0 Å². The first kappa shape index (κ1) is 23.4. The Morgan fingerprint density at radius 2 is 1.76 bits per heavy atom. The number of hydrogen-bond donors (Lipinski definition) is 1. The third-order valence-electron chi connectivity index (χ3n) is 3.93. The number of morpholine rings is 1. The largest absolute Gasteiger partial charge is 0.406 e. The van der Waals surface area contributed by atoms with Crippen molar-refractivity contribution in [3.63, 3.8) is 0 Å². The van der Waals surface area contributed by atoms with E-state index in [1.165, 1.54) is 50.0 Å². The van der Waals surface area contributed by atoms with Crippen molar-refractivity contribution in [2.24, 2.45) is 5.10 Å². The summed E-state index contributed by atoms with van der Waals surface area (Å²) >= 11 is 0. The van der Waals surface area contributed by atoms with E-state index < -0.39 is 19.0 Å². The third-order valence-corrected chi connectivity index (χ3v) is 6.03. The van der Waals surface area contributed by atoms with Crippen LogP contribution in [0.5, 0.6) is 0 Å². The summed E-state index contributed by atoms with van der Waals surface area (Å²) in [7, 11) is -4.84. The first-order valence-electron chi connectivity index (χ1n) is 9.30. The van der Waals surface area contributed by atoms with Gasteiger partial charge in [-0.2, -0.15) is 13.9 Å². The summed E-state index contributed by atoms with van der Waals surface area (Å²) < 4.78 is 58.9. The second-order valence-electron chi connectivity index (χ2n) is 6.15. The van der Waals surface area contributed by atoms with Crippen LogP contribution in [0, 0.1) is 0 Å². The summed E-state index contributed by atoms with van der Waals surface area (Å²) in [5.74, 6) is -0.289. The molecule has 1 aliphatic heterocycles. The van der Waals surface area contributed by atoms with Gasteiger partial charge in [0.1, 0.15) is 5.71 Å². The van der Waals surface area contributed by atoms with Gasteiger partial charge in [0.15, 0.2) is 0 Å². The average Bonchev–Trinajstić information content (AvgIpc) is 2.67. The summed E-state index contributed by atoms with van der Waals surface area (Å²) in [6.45, 7) is 5.17. The summed E-state index contributed by atoms with van der Waals surface area (Å²) in [4.78, 5) is 11.2. The fraction of sp³-hybridized carbons (Fsp3) is 0.556. The number of benzene rings is 1. The highest BCUT2D eigenvalue weighted by Crippen LogP contribution is 2.63. The Balaban J connectivity index is 2.50. The number of hydrogen-bond acceptors (Lipinski definition) is 7. The van der Waals surface area contributed by atoms with Crippen LogP contribution in [0.15, 0.2) is 29.4 Å². The maximum atomic E-state index is 15.5. The van der Waals surface area contributed by atoms with E-state index in [0.29, 0.717) is 32.0 Å². The molecular formula is C18H26F2N3O5P. The molecule has 162 valence electrons. The van der Waals surface area contributed by atoms with Gasteiger partial charge in [0.05, 0.1) is 39.5 Å². The summed E-state index contributed by atoms with van der Waals surface area (Å²) in [6.07, 6.45) is 0. The zero-order chi connectivity index (χ0) is 21.5. The van der Waals surface area contributed by atoms with Gasteiger partial charge in [0, 0.05) is 18.2 Å². The molecule has 0 radical (unpaired) electrons. The minimum absolute atomic E-state index is 0.0372. The monoisotopic (exact) mass is 433 g/mol. The van der Waals surface area contributed by atoms with E-state index in [9.17, 15) is 9.36 Å². The quantitative estimate of drug-likeness (QED) is 0.473. The van der Waals surface area contributed by atoms with Crippen LogP contribution in [-0.2, 0) is 23.1 Å². The van der Waals surface area contributed by atoms with E-state index in [1.807, 2.05) is 0 Å². The number of carbonyl (C=O) groups excluding carboxylic acids is 1. The van der Waals surface area contributed by atoms with Gasteiger partial charge in [-0.1, -0.05) is 12.1 Å². The predicted octanol–water partition coefficient (Wildman–Crippen LogP) is 3.54. The maximum absolute atomic E-state index is 15.5. The lowest BCUT2D eigenvalue weighted by Gasteiger charge is -2.30. The van der Waals surface area contributed by atoms with Crippen molar-refractivity contribution in [1.82, 2.24) is 5.01 Å². The Labute approximate surface area is 168 Å². The Kier molecular flexibility index (Phi) is 8.27. The topological polar surface area (TPSA) is 89.5 Å². The van der Waals surface area contributed by atoms with Crippen molar-refractivity contribution in [2.75, 3.05) is 44.8 Å². The van der Waals surface area contributed by atoms with E-state index in [1.54, 1.807) is 0 Å². The van der Waals surface area contributed by atoms with E-state index >= 15 is 8.78 Å². The number of rotatable bonds is 9. The molecule has 2 rings (SSSR count). The summed E-state index contributed by atoms with van der Waals surface area (Å²) in [5.41, 5.74) is -4.24. The molecule has 0 spiro atoms. The number of amides is 1. The van der Waals surface area contributed by atoms with Gasteiger partial charge in [-0.3, -0.25) is 14.4 Å². The molecule has 1 aromatic rings. The standard InChI is InChI=1S/C18H26F2N3O5P/c1-4-27-29(25,28-5-2)18(19,20)17(22-23-10-12-26-13-11-23)15-6-8-16(9-7-15)21-14(3)24/h6-9H,4-5,10-13H2,1-3H3,(H,21,24)/b22-17+. The van der Waals surface area contributed by atoms with Crippen LogP contribution in [0.1, 0.15) is 26.3 Å². The molecule has 1 fully saturated rings. The van der Waals surface area contributed by atoms with Gasteiger partial charge in [-0.05, 0) is 26.0 Å². The van der Waals surface area contributed by atoms with Crippen molar-refractivity contribution < 1.29 is 31.9 Å². The van der Waals surface area contributed by atoms with Gasteiger partial charge >= 0.3 is 13.3 Å². The lowest BCUT2D eigenvalue weighted by Crippen LogP contribution is -2.38. The average molecular weight is 433 g/mol. The highest BCUT2D eigenvalue weighted by molar-refractivity contribution is 7.56. The Bertz CT molecular complexity index is 757. The Morgan fingerprint density at radius 3 is 2.24 bits per heavy atom. The minimum Gasteiger partial charge on any atom is -0.378 e. The number of hydrazone groups is 1. The predicted molar refractivity (Wildman–Crippen MR) is 105 cm³/mol. The molecule has 1 aromatic carbocycles. The molecule has 1 amide bonds. The summed E-state index contributed by atoms with van der Waals surface area (Å²) in [6, 6.07) is 5.68. The van der Waals surface area contributed by atoms with Gasteiger partial charge in [0.25, 0.3) is 0 Å². The second-order valence-corrected chi connectivity index (χ2v) is 8.22. The second kappa shape index (κ2) is 10.2. The number of nitrogens with one attached hydrogen (secondary N) is 1. The van der Waals surface area contributed by atoms with E-state index in [-0.39, 0.29) is 24.7 Å². The van der Waals surface area contributed by atoms with Gasteiger partial charge < -0.3 is 19.1 Å². The zero-order valence-corrected chi connectivity index (χ0v) is 17.6. The zero-order valence-electron chi connectivity index (χ0n) is 16.7. The third kappa shape index (κ3) is 5.82. The molecule has 11 heteroatoms.